The van der Waals surface area contributed by atoms with E-state index in [1.54, 1.807) is 54.6 Å². The van der Waals surface area contributed by atoms with Crippen LogP contribution in [-0.4, -0.2) is 53.4 Å². The molecule has 2 amide bonds. The molecule has 1 aromatic heterocycles. The van der Waals surface area contributed by atoms with Gasteiger partial charge in [-0.05, 0) is 55.8 Å². The first kappa shape index (κ1) is 30.6. The predicted octanol–water partition coefficient (Wildman–Crippen LogP) is 5.48. The van der Waals surface area contributed by atoms with Crippen LogP contribution < -0.4 is 24.3 Å². The summed E-state index contributed by atoms with van der Waals surface area (Å²) in [5.41, 5.74) is 2.58. The number of aromatic nitrogens is 2. The van der Waals surface area contributed by atoms with Crippen molar-refractivity contribution in [3.63, 3.8) is 0 Å². The molecule has 1 atom stereocenters. The molecule has 0 spiro atoms. The van der Waals surface area contributed by atoms with E-state index in [1.165, 1.54) is 25.2 Å². The highest BCUT2D eigenvalue weighted by Gasteiger charge is 2.34. The first-order chi connectivity index (χ1) is 21.2. The summed E-state index contributed by atoms with van der Waals surface area (Å²) in [7, 11) is 3.00. The molecule has 228 valence electrons. The van der Waals surface area contributed by atoms with Gasteiger partial charge in [0.1, 0.15) is 23.4 Å². The molecule has 0 bridgehead atoms. The van der Waals surface area contributed by atoms with Crippen LogP contribution in [0.3, 0.4) is 0 Å². The normalized spacial score (nSPS) is 12.4. The number of carbonyl (C=O) groups is 2. The SMILES string of the molecule is COc1ccc(NC(=O)C(c2ccc3c(c2)OCO3)N(Cc2ccccc2F)C(=O)CSc2nc(C)cc(C)n2)c(OC)c1. The first-order valence-electron chi connectivity index (χ1n) is 13.7. The average Bonchev–Trinajstić information content (AvgIpc) is 3.48. The topological polar surface area (TPSA) is 112 Å². The number of nitrogens with zero attached hydrogens (tertiary/aromatic N) is 3. The Kier molecular flexibility index (Phi) is 9.49. The van der Waals surface area contributed by atoms with E-state index < -0.39 is 23.7 Å². The molecule has 44 heavy (non-hydrogen) atoms. The third-order valence-corrected chi connectivity index (χ3v) is 7.68. The van der Waals surface area contributed by atoms with Crippen molar-refractivity contribution in [1.29, 1.82) is 0 Å². The van der Waals surface area contributed by atoms with Crippen molar-refractivity contribution < 1.29 is 32.9 Å². The van der Waals surface area contributed by atoms with Gasteiger partial charge in [-0.15, -0.1) is 0 Å². The fourth-order valence-corrected chi connectivity index (χ4v) is 5.60. The van der Waals surface area contributed by atoms with Crippen molar-refractivity contribution >= 4 is 29.3 Å². The van der Waals surface area contributed by atoms with Gasteiger partial charge in [-0.3, -0.25) is 9.59 Å². The van der Waals surface area contributed by atoms with E-state index in [-0.39, 0.29) is 24.7 Å². The predicted molar refractivity (Wildman–Crippen MR) is 163 cm³/mol. The summed E-state index contributed by atoms with van der Waals surface area (Å²) in [5.74, 6) is 0.253. The standard InChI is InChI=1S/C32H31FN4O6S/c1-19-13-20(2)35-32(34-19)44-17-29(38)37(16-22-7-5-6-8-24(22)33)30(21-9-12-26-28(14-21)43-18-42-26)31(39)36-25-11-10-23(40-3)15-27(25)41-4/h5-15,30H,16-18H2,1-4H3,(H,36,39). The van der Waals surface area contributed by atoms with Crippen molar-refractivity contribution in [2.45, 2.75) is 31.6 Å². The number of halogens is 1. The third-order valence-electron chi connectivity index (χ3n) is 6.84. The van der Waals surface area contributed by atoms with E-state index in [9.17, 15) is 14.0 Å². The maximum Gasteiger partial charge on any atom is 0.251 e. The van der Waals surface area contributed by atoms with Crippen molar-refractivity contribution in [3.05, 3.63) is 95.1 Å². The fraction of sp³-hybridized carbons (Fsp3) is 0.250. The first-order valence-corrected chi connectivity index (χ1v) is 14.6. The summed E-state index contributed by atoms with van der Waals surface area (Å²) in [5, 5.41) is 3.32. The zero-order valence-corrected chi connectivity index (χ0v) is 25.4. The van der Waals surface area contributed by atoms with E-state index in [0.29, 0.717) is 39.4 Å². The van der Waals surface area contributed by atoms with Gasteiger partial charge in [0, 0.05) is 29.6 Å². The molecule has 2 heterocycles. The summed E-state index contributed by atoms with van der Waals surface area (Å²) >= 11 is 1.14. The van der Waals surface area contributed by atoms with Gasteiger partial charge >= 0.3 is 0 Å². The highest BCUT2D eigenvalue weighted by molar-refractivity contribution is 7.99. The van der Waals surface area contributed by atoms with Crippen LogP contribution in [0.2, 0.25) is 0 Å². The van der Waals surface area contributed by atoms with Crippen LogP contribution in [0.4, 0.5) is 10.1 Å². The molecular formula is C32H31FN4O6S. The third kappa shape index (κ3) is 7.03. The summed E-state index contributed by atoms with van der Waals surface area (Å²) in [6.45, 7) is 3.53. The van der Waals surface area contributed by atoms with Crippen molar-refractivity contribution in [2.75, 3.05) is 32.1 Å². The van der Waals surface area contributed by atoms with Crippen LogP contribution in [0.5, 0.6) is 23.0 Å². The van der Waals surface area contributed by atoms with Crippen molar-refractivity contribution in [2.24, 2.45) is 0 Å². The second-order valence-electron chi connectivity index (χ2n) is 9.91. The summed E-state index contributed by atoms with van der Waals surface area (Å²) in [4.78, 5) is 38.5. The molecule has 0 fully saturated rings. The molecule has 12 heteroatoms. The highest BCUT2D eigenvalue weighted by Crippen LogP contribution is 2.38. The van der Waals surface area contributed by atoms with Crippen LogP contribution >= 0.6 is 11.8 Å². The fourth-order valence-electron chi connectivity index (χ4n) is 4.76. The number of anilines is 1. The lowest BCUT2D eigenvalue weighted by molar-refractivity contribution is -0.137. The number of carbonyl (C=O) groups excluding carboxylic acids is 2. The Morgan fingerprint density at radius 2 is 1.73 bits per heavy atom. The number of aryl methyl sites for hydroxylation is 2. The Morgan fingerprint density at radius 1 is 0.977 bits per heavy atom. The number of methoxy groups -OCH3 is 2. The number of benzene rings is 3. The maximum atomic E-state index is 15.0. The summed E-state index contributed by atoms with van der Waals surface area (Å²) < 4.78 is 36.8. The lowest BCUT2D eigenvalue weighted by atomic mass is 10.0. The maximum absolute atomic E-state index is 15.0. The van der Waals surface area contributed by atoms with Gasteiger partial charge in [-0.25, -0.2) is 14.4 Å². The number of hydrogen-bond acceptors (Lipinski definition) is 9. The van der Waals surface area contributed by atoms with Gasteiger partial charge in [0.15, 0.2) is 16.7 Å². The smallest absolute Gasteiger partial charge is 0.251 e. The molecule has 0 radical (unpaired) electrons. The Bertz CT molecular complexity index is 1670. The number of nitrogens with one attached hydrogen (secondary N) is 1. The van der Waals surface area contributed by atoms with Crippen LogP contribution in [-0.2, 0) is 16.1 Å². The van der Waals surface area contributed by atoms with Gasteiger partial charge in [-0.2, -0.15) is 0 Å². The number of fused-ring (bicyclic) bond motifs is 1. The minimum atomic E-state index is -1.20. The van der Waals surface area contributed by atoms with Gasteiger partial charge in [0.05, 0.1) is 25.7 Å². The number of amides is 2. The molecule has 0 saturated carbocycles. The van der Waals surface area contributed by atoms with Crippen LogP contribution in [0.1, 0.15) is 28.6 Å². The van der Waals surface area contributed by atoms with Crippen LogP contribution in [0.15, 0.2) is 71.9 Å². The Labute approximate surface area is 258 Å². The lowest BCUT2D eigenvalue weighted by Gasteiger charge is -2.32. The van der Waals surface area contributed by atoms with Crippen molar-refractivity contribution in [1.82, 2.24) is 14.9 Å². The molecular weight excluding hydrogens is 587 g/mol. The quantitative estimate of drug-likeness (QED) is 0.173. The summed E-state index contributed by atoms with van der Waals surface area (Å²) in [6.07, 6.45) is 0. The lowest BCUT2D eigenvalue weighted by Crippen LogP contribution is -2.42. The minimum Gasteiger partial charge on any atom is -0.497 e. The molecule has 1 unspecified atom stereocenters. The molecule has 1 N–H and O–H groups in total. The molecule has 10 nitrogen and oxygen atoms in total. The monoisotopic (exact) mass is 618 g/mol. The van der Waals surface area contributed by atoms with Crippen LogP contribution in [0.25, 0.3) is 0 Å². The minimum absolute atomic E-state index is 0.0309. The average molecular weight is 619 g/mol. The van der Waals surface area contributed by atoms with E-state index in [1.807, 2.05) is 19.9 Å². The molecule has 3 aromatic carbocycles. The second kappa shape index (κ2) is 13.6. The van der Waals surface area contributed by atoms with Crippen molar-refractivity contribution in [3.8, 4) is 23.0 Å². The van der Waals surface area contributed by atoms with Gasteiger partial charge in [0.2, 0.25) is 12.7 Å². The van der Waals surface area contributed by atoms with E-state index >= 15 is 0 Å². The molecule has 0 saturated heterocycles. The molecule has 1 aliphatic rings. The van der Waals surface area contributed by atoms with E-state index in [4.69, 9.17) is 18.9 Å². The number of hydrogen-bond donors (Lipinski definition) is 1. The van der Waals surface area contributed by atoms with Gasteiger partial charge < -0.3 is 29.2 Å². The number of thioether (sulfide) groups is 1. The van der Waals surface area contributed by atoms with Gasteiger partial charge in [0.25, 0.3) is 5.91 Å². The zero-order valence-electron chi connectivity index (χ0n) is 24.6. The summed E-state index contributed by atoms with van der Waals surface area (Å²) in [6, 6.07) is 16.7. The second-order valence-corrected chi connectivity index (χ2v) is 10.8. The highest BCUT2D eigenvalue weighted by atomic mass is 32.2. The Balaban J connectivity index is 1.55. The largest absolute Gasteiger partial charge is 0.497 e. The van der Waals surface area contributed by atoms with E-state index in [2.05, 4.69) is 15.3 Å². The molecule has 0 aliphatic carbocycles. The van der Waals surface area contributed by atoms with Crippen LogP contribution in [0, 0.1) is 19.7 Å². The Hall–Kier alpha value is -4.84. The van der Waals surface area contributed by atoms with E-state index in [0.717, 1.165) is 23.1 Å². The molecule has 4 aromatic rings. The van der Waals surface area contributed by atoms with Gasteiger partial charge in [-0.1, -0.05) is 36.0 Å². The Morgan fingerprint density at radius 3 is 2.45 bits per heavy atom. The molecule has 1 aliphatic heterocycles. The zero-order chi connectivity index (χ0) is 31.2. The number of ether oxygens (including phenoxy) is 4. The number of rotatable bonds is 11. The molecule has 5 rings (SSSR count).